The molecule has 0 aromatic heterocycles. The van der Waals surface area contributed by atoms with Gasteiger partial charge in [-0.3, -0.25) is 14.9 Å². The van der Waals surface area contributed by atoms with Gasteiger partial charge in [-0.05, 0) is 12.1 Å². The van der Waals surface area contributed by atoms with Crippen molar-refractivity contribution in [2.24, 2.45) is 0 Å². The fraction of sp³-hybridized carbons (Fsp3) is 0.765. The van der Waals surface area contributed by atoms with E-state index in [2.05, 4.69) is 10.1 Å². The number of ether oxygens (including phenoxy) is 13. The maximum absolute atomic E-state index is 11.4. The number of carbonyl (C=O) groups is 2. The Labute approximate surface area is 315 Å². The van der Waals surface area contributed by atoms with Gasteiger partial charge in [0, 0.05) is 18.7 Å². The molecule has 1 aromatic carbocycles. The summed E-state index contributed by atoms with van der Waals surface area (Å²) in [5, 5.41) is 21.6. The predicted octanol–water partition coefficient (Wildman–Crippen LogP) is 0.374. The Balaban J connectivity index is 1.65. The fourth-order valence-corrected chi connectivity index (χ4v) is 3.73. The van der Waals surface area contributed by atoms with Gasteiger partial charge in [-0.1, -0.05) is 0 Å². The summed E-state index contributed by atoms with van der Waals surface area (Å²) in [5.41, 5.74) is 0.0177. The van der Waals surface area contributed by atoms with Crippen molar-refractivity contribution >= 4 is 17.6 Å². The van der Waals surface area contributed by atoms with Crippen LogP contribution in [-0.4, -0.2) is 194 Å². The minimum Gasteiger partial charge on any atom is -0.491 e. The van der Waals surface area contributed by atoms with Gasteiger partial charge in [0.2, 0.25) is 5.91 Å². The number of nitro benzene ring substituents is 1. The lowest BCUT2D eigenvalue weighted by molar-refractivity contribution is -0.384. The van der Waals surface area contributed by atoms with Crippen molar-refractivity contribution in [2.45, 2.75) is 0 Å². The first kappa shape index (κ1) is 48.9. The second-order valence-corrected chi connectivity index (χ2v) is 10.6. The summed E-state index contributed by atoms with van der Waals surface area (Å²) >= 11 is 0. The van der Waals surface area contributed by atoms with E-state index in [4.69, 9.17) is 61.9 Å². The van der Waals surface area contributed by atoms with Crippen molar-refractivity contribution in [2.75, 3.05) is 172 Å². The zero-order chi connectivity index (χ0) is 39.0. The summed E-state index contributed by atoms with van der Waals surface area (Å²) in [4.78, 5) is 31.8. The maximum Gasteiger partial charge on any atom is 0.329 e. The number of non-ortho nitro benzene ring substituents is 1. The van der Waals surface area contributed by atoms with Crippen LogP contribution in [0.1, 0.15) is 0 Å². The van der Waals surface area contributed by atoms with E-state index in [1.165, 1.54) is 12.1 Å². The number of amides is 1. The van der Waals surface area contributed by atoms with E-state index in [-0.39, 0.29) is 12.3 Å². The van der Waals surface area contributed by atoms with Gasteiger partial charge in [0.1, 0.15) is 25.6 Å². The van der Waals surface area contributed by atoms with E-state index in [0.717, 1.165) is 0 Å². The Bertz CT molecular complexity index is 1020. The summed E-state index contributed by atoms with van der Waals surface area (Å²) in [6.45, 7) is 9.39. The largest absolute Gasteiger partial charge is 0.491 e. The number of hydrogen-bond donors (Lipinski definition) is 2. The molecular weight excluding hydrogens is 724 g/mol. The number of nitro groups is 1. The normalized spacial score (nSPS) is 11.2. The predicted molar refractivity (Wildman–Crippen MR) is 189 cm³/mol. The molecular formula is C34H58N2O18. The molecule has 2 N–H and O–H groups in total. The molecule has 0 spiro atoms. The molecule has 20 heteroatoms. The van der Waals surface area contributed by atoms with E-state index in [9.17, 15) is 19.7 Å². The van der Waals surface area contributed by atoms with Crippen LogP contribution in [0.3, 0.4) is 0 Å². The first-order chi connectivity index (χ1) is 26.5. The third-order valence-corrected chi connectivity index (χ3v) is 6.29. The second-order valence-electron chi connectivity index (χ2n) is 10.6. The molecule has 0 aliphatic rings. The highest BCUT2D eigenvalue weighted by Gasteiger charge is 2.05. The van der Waals surface area contributed by atoms with Crippen molar-refractivity contribution in [3.63, 3.8) is 0 Å². The highest BCUT2D eigenvalue weighted by Crippen LogP contribution is 2.17. The number of carboxylic acid groups (broad SMARTS) is 1. The molecule has 0 saturated heterocycles. The average molecular weight is 783 g/mol. The number of carbonyl (C=O) groups excluding carboxylic acids is 1. The van der Waals surface area contributed by atoms with Gasteiger partial charge in [0.05, 0.1) is 150 Å². The van der Waals surface area contributed by atoms with Crippen LogP contribution < -0.4 is 10.1 Å². The number of benzene rings is 1. The van der Waals surface area contributed by atoms with Crippen LogP contribution in [0.5, 0.6) is 5.75 Å². The first-order valence-corrected chi connectivity index (χ1v) is 17.8. The average Bonchev–Trinajstić information content (AvgIpc) is 3.16. The van der Waals surface area contributed by atoms with Gasteiger partial charge in [-0.2, -0.15) is 0 Å². The molecule has 54 heavy (non-hydrogen) atoms. The quantitative estimate of drug-likeness (QED) is 0.0519. The van der Waals surface area contributed by atoms with Gasteiger partial charge in [-0.15, -0.1) is 0 Å². The number of rotatable bonds is 42. The minimum absolute atomic E-state index is 0.0177. The van der Waals surface area contributed by atoms with Crippen molar-refractivity contribution in [3.8, 4) is 5.75 Å². The Morgan fingerprint density at radius 2 is 0.796 bits per heavy atom. The zero-order valence-corrected chi connectivity index (χ0v) is 31.0. The number of hydrogen-bond acceptors (Lipinski definition) is 17. The van der Waals surface area contributed by atoms with Crippen LogP contribution in [0.4, 0.5) is 5.69 Å². The lowest BCUT2D eigenvalue weighted by Crippen LogP contribution is -2.31. The summed E-state index contributed by atoms with van der Waals surface area (Å²) < 4.78 is 69.9. The van der Waals surface area contributed by atoms with Crippen molar-refractivity contribution in [3.05, 3.63) is 34.4 Å². The Kier molecular flexibility index (Phi) is 34.6. The Hall–Kier alpha value is -3.12. The smallest absolute Gasteiger partial charge is 0.329 e. The van der Waals surface area contributed by atoms with E-state index >= 15 is 0 Å². The third kappa shape index (κ3) is 34.6. The highest BCUT2D eigenvalue weighted by molar-refractivity contribution is 5.77. The molecule has 1 aromatic rings. The van der Waals surface area contributed by atoms with E-state index < -0.39 is 23.4 Å². The molecule has 0 unspecified atom stereocenters. The molecule has 0 fully saturated rings. The van der Waals surface area contributed by atoms with Gasteiger partial charge >= 0.3 is 5.97 Å². The van der Waals surface area contributed by atoms with Crippen LogP contribution >= 0.6 is 0 Å². The van der Waals surface area contributed by atoms with Gasteiger partial charge < -0.3 is 72.0 Å². The van der Waals surface area contributed by atoms with Gasteiger partial charge in [-0.25, -0.2) is 4.79 Å². The molecule has 312 valence electrons. The number of aliphatic carboxylic acids is 1. The fourth-order valence-electron chi connectivity index (χ4n) is 3.73. The molecule has 1 amide bonds. The molecule has 0 heterocycles. The molecule has 0 atom stereocenters. The summed E-state index contributed by atoms with van der Waals surface area (Å²) in [5.74, 6) is -0.986. The molecule has 0 aliphatic carbocycles. The topological polar surface area (TPSA) is 230 Å². The maximum atomic E-state index is 11.4. The lowest BCUT2D eigenvalue weighted by Gasteiger charge is -2.09. The van der Waals surface area contributed by atoms with Crippen LogP contribution in [0, 0.1) is 10.1 Å². The Morgan fingerprint density at radius 1 is 0.481 bits per heavy atom. The van der Waals surface area contributed by atoms with Crippen molar-refractivity contribution < 1.29 is 81.2 Å². The van der Waals surface area contributed by atoms with Gasteiger partial charge in [0.15, 0.2) is 0 Å². The van der Waals surface area contributed by atoms with Gasteiger partial charge in [0.25, 0.3) is 5.69 Å². The second kappa shape index (κ2) is 38.2. The van der Waals surface area contributed by atoms with Crippen LogP contribution in [0.25, 0.3) is 0 Å². The molecule has 20 nitrogen and oxygen atoms in total. The van der Waals surface area contributed by atoms with E-state index in [0.29, 0.717) is 164 Å². The van der Waals surface area contributed by atoms with Crippen molar-refractivity contribution in [1.82, 2.24) is 5.32 Å². The van der Waals surface area contributed by atoms with Crippen LogP contribution in [-0.2, 0) is 66.4 Å². The summed E-state index contributed by atoms with van der Waals surface area (Å²) in [6, 6.07) is 5.88. The molecule has 1 rings (SSSR count). The van der Waals surface area contributed by atoms with Crippen molar-refractivity contribution in [1.29, 1.82) is 0 Å². The molecule has 0 radical (unpaired) electrons. The SMILES string of the molecule is O=C(O)COCC(=O)NCCOCCOCCOCCOCCOCCOCCOCCOCCOCCOCCOCCOc1ccc([N+](=O)[O-])cc1. The molecule has 0 saturated carbocycles. The van der Waals surface area contributed by atoms with Crippen LogP contribution in [0.15, 0.2) is 24.3 Å². The molecule has 0 bridgehead atoms. The Morgan fingerprint density at radius 3 is 1.11 bits per heavy atom. The van der Waals surface area contributed by atoms with E-state index in [1.807, 2.05) is 0 Å². The summed E-state index contributed by atoms with van der Waals surface area (Å²) in [6.07, 6.45) is 0. The highest BCUT2D eigenvalue weighted by atomic mass is 16.6. The summed E-state index contributed by atoms with van der Waals surface area (Å²) in [7, 11) is 0. The molecule has 0 aliphatic heterocycles. The first-order valence-electron chi connectivity index (χ1n) is 17.8. The monoisotopic (exact) mass is 782 g/mol. The zero-order valence-electron chi connectivity index (χ0n) is 31.0. The number of carboxylic acids is 1. The lowest BCUT2D eigenvalue weighted by atomic mass is 10.3. The third-order valence-electron chi connectivity index (χ3n) is 6.29. The van der Waals surface area contributed by atoms with Crippen LogP contribution in [0.2, 0.25) is 0 Å². The number of nitrogens with zero attached hydrogens (tertiary/aromatic N) is 1. The van der Waals surface area contributed by atoms with E-state index in [1.54, 1.807) is 12.1 Å². The minimum atomic E-state index is -1.13. The number of nitrogens with one attached hydrogen (secondary N) is 1. The standard InChI is InChI=1S/C34H58N2O18/c37-33(29-53-30-34(38)39)35-5-6-42-7-8-43-9-10-44-11-12-45-13-14-46-15-16-47-17-18-48-19-20-49-21-22-50-23-24-51-25-26-52-27-28-54-32-3-1-31(2-4-32)36(40)41/h1-4H,5-30H2,(H,35,37)(H,38,39).